The van der Waals surface area contributed by atoms with Gasteiger partial charge in [0, 0.05) is 12.6 Å². The lowest BCUT2D eigenvalue weighted by Crippen LogP contribution is -2.42. The third-order valence-corrected chi connectivity index (χ3v) is 4.43. The Morgan fingerprint density at radius 3 is 2.33 bits per heavy atom. The number of hydrogen-bond donors (Lipinski definition) is 1. The molecule has 2 nitrogen and oxygen atoms in total. The molecule has 0 aromatic rings. The first-order valence-electron chi connectivity index (χ1n) is 6.74. The molecule has 0 amide bonds. The van der Waals surface area contributed by atoms with Crippen LogP contribution in [0.1, 0.15) is 51.9 Å². The lowest BCUT2D eigenvalue weighted by molar-refractivity contribution is 0.135. The molecule has 0 atom stereocenters. The fraction of sp³-hybridized carbons (Fsp3) is 1.00. The summed E-state index contributed by atoms with van der Waals surface area (Å²) in [7, 11) is 0. The summed E-state index contributed by atoms with van der Waals surface area (Å²) in [4.78, 5) is 2.71. The predicted molar refractivity (Wildman–Crippen MR) is 64.8 cm³/mol. The minimum atomic E-state index is 0.521. The van der Waals surface area contributed by atoms with Gasteiger partial charge in [-0.15, -0.1) is 0 Å². The Balaban J connectivity index is 1.85. The second kappa shape index (κ2) is 4.84. The Morgan fingerprint density at radius 1 is 1.20 bits per heavy atom. The fourth-order valence-corrected chi connectivity index (χ4v) is 2.98. The van der Waals surface area contributed by atoms with Gasteiger partial charge in [-0.1, -0.05) is 26.2 Å². The standard InChI is InChI=1S/C13H26N2/c1-2-15(11-13(10-14)8-9-13)12-6-4-3-5-7-12/h12H,2-11,14H2,1H3. The van der Waals surface area contributed by atoms with Crippen molar-refractivity contribution in [3.8, 4) is 0 Å². The van der Waals surface area contributed by atoms with Crippen LogP contribution in [0.2, 0.25) is 0 Å². The van der Waals surface area contributed by atoms with Gasteiger partial charge in [-0.25, -0.2) is 0 Å². The Labute approximate surface area is 94.2 Å². The van der Waals surface area contributed by atoms with Crippen molar-refractivity contribution < 1.29 is 0 Å². The molecular weight excluding hydrogens is 184 g/mol. The molecule has 2 rings (SSSR count). The molecule has 0 radical (unpaired) electrons. The van der Waals surface area contributed by atoms with E-state index in [4.69, 9.17) is 5.73 Å². The Hall–Kier alpha value is -0.0800. The van der Waals surface area contributed by atoms with E-state index in [1.54, 1.807) is 0 Å². The van der Waals surface area contributed by atoms with Gasteiger partial charge in [0.1, 0.15) is 0 Å². The summed E-state index contributed by atoms with van der Waals surface area (Å²) >= 11 is 0. The zero-order valence-electron chi connectivity index (χ0n) is 10.2. The van der Waals surface area contributed by atoms with E-state index in [-0.39, 0.29) is 0 Å². The van der Waals surface area contributed by atoms with Crippen LogP contribution in [0.15, 0.2) is 0 Å². The molecule has 0 aromatic heterocycles. The Morgan fingerprint density at radius 2 is 1.87 bits per heavy atom. The Kier molecular flexibility index (Phi) is 3.68. The molecule has 2 heteroatoms. The molecule has 2 saturated carbocycles. The lowest BCUT2D eigenvalue weighted by Gasteiger charge is -2.35. The highest BCUT2D eigenvalue weighted by Crippen LogP contribution is 2.45. The SMILES string of the molecule is CCN(CC1(CN)CC1)C1CCCCC1. The second-order valence-corrected chi connectivity index (χ2v) is 5.56. The molecule has 2 aliphatic carbocycles. The molecule has 2 aliphatic rings. The summed E-state index contributed by atoms with van der Waals surface area (Å²) < 4.78 is 0. The molecule has 0 aliphatic heterocycles. The van der Waals surface area contributed by atoms with Crippen LogP contribution in [0.5, 0.6) is 0 Å². The second-order valence-electron chi connectivity index (χ2n) is 5.56. The van der Waals surface area contributed by atoms with Crippen molar-refractivity contribution >= 4 is 0 Å². The number of rotatable bonds is 5. The monoisotopic (exact) mass is 210 g/mol. The molecule has 88 valence electrons. The van der Waals surface area contributed by atoms with Crippen molar-refractivity contribution in [2.24, 2.45) is 11.1 Å². The van der Waals surface area contributed by atoms with Gasteiger partial charge in [-0.2, -0.15) is 0 Å². The maximum atomic E-state index is 5.87. The van der Waals surface area contributed by atoms with Gasteiger partial charge in [0.25, 0.3) is 0 Å². The summed E-state index contributed by atoms with van der Waals surface area (Å²) in [6.45, 7) is 5.69. The summed E-state index contributed by atoms with van der Waals surface area (Å²) in [5.74, 6) is 0. The van der Waals surface area contributed by atoms with Crippen molar-refractivity contribution in [1.82, 2.24) is 4.90 Å². The predicted octanol–water partition coefficient (Wildman–Crippen LogP) is 2.38. The molecule has 0 spiro atoms. The number of nitrogens with two attached hydrogens (primary N) is 1. The maximum Gasteiger partial charge on any atom is 0.00953 e. The maximum absolute atomic E-state index is 5.87. The van der Waals surface area contributed by atoms with Crippen molar-refractivity contribution in [1.29, 1.82) is 0 Å². The first kappa shape index (κ1) is 11.4. The van der Waals surface area contributed by atoms with Crippen LogP contribution in [0.4, 0.5) is 0 Å². The number of nitrogens with zero attached hydrogens (tertiary/aromatic N) is 1. The van der Waals surface area contributed by atoms with Crippen LogP contribution in [0.25, 0.3) is 0 Å². The molecule has 0 unspecified atom stereocenters. The van der Waals surface area contributed by atoms with Crippen LogP contribution in [-0.2, 0) is 0 Å². The van der Waals surface area contributed by atoms with Gasteiger partial charge >= 0.3 is 0 Å². The van der Waals surface area contributed by atoms with E-state index in [0.29, 0.717) is 5.41 Å². The highest BCUT2D eigenvalue weighted by atomic mass is 15.2. The quantitative estimate of drug-likeness (QED) is 0.755. The van der Waals surface area contributed by atoms with Crippen LogP contribution < -0.4 is 5.73 Å². The van der Waals surface area contributed by atoms with Gasteiger partial charge in [-0.05, 0) is 44.2 Å². The largest absolute Gasteiger partial charge is 0.330 e. The lowest BCUT2D eigenvalue weighted by atomic mass is 9.93. The van der Waals surface area contributed by atoms with E-state index >= 15 is 0 Å². The van der Waals surface area contributed by atoms with Crippen LogP contribution in [0, 0.1) is 5.41 Å². The average Bonchev–Trinajstić information content (AvgIpc) is 3.08. The van der Waals surface area contributed by atoms with Crippen molar-refractivity contribution in [3.05, 3.63) is 0 Å². The summed E-state index contributed by atoms with van der Waals surface area (Å²) in [5, 5.41) is 0. The van der Waals surface area contributed by atoms with E-state index in [0.717, 1.165) is 12.6 Å². The molecule has 0 aromatic carbocycles. The minimum absolute atomic E-state index is 0.521. The Bertz CT molecular complexity index is 193. The molecule has 0 saturated heterocycles. The molecule has 2 fully saturated rings. The average molecular weight is 210 g/mol. The van der Waals surface area contributed by atoms with E-state index in [2.05, 4.69) is 11.8 Å². The van der Waals surface area contributed by atoms with Gasteiger partial charge in [0.05, 0.1) is 0 Å². The summed E-state index contributed by atoms with van der Waals surface area (Å²) in [6, 6.07) is 0.868. The van der Waals surface area contributed by atoms with Crippen LogP contribution in [0.3, 0.4) is 0 Å². The number of hydrogen-bond acceptors (Lipinski definition) is 2. The third-order valence-electron chi connectivity index (χ3n) is 4.43. The summed E-state index contributed by atoms with van der Waals surface area (Å²) in [5.41, 5.74) is 6.40. The van der Waals surface area contributed by atoms with E-state index in [1.165, 1.54) is 58.0 Å². The normalized spacial score (nSPS) is 25.8. The zero-order chi connectivity index (χ0) is 10.7. The smallest absolute Gasteiger partial charge is 0.00953 e. The molecular formula is C13H26N2. The van der Waals surface area contributed by atoms with Crippen molar-refractivity contribution in [2.75, 3.05) is 19.6 Å². The van der Waals surface area contributed by atoms with Gasteiger partial charge in [0.2, 0.25) is 0 Å². The summed E-state index contributed by atoms with van der Waals surface area (Å²) in [6.07, 6.45) is 9.92. The highest BCUT2D eigenvalue weighted by Gasteiger charge is 2.43. The van der Waals surface area contributed by atoms with E-state index in [9.17, 15) is 0 Å². The topological polar surface area (TPSA) is 29.3 Å². The van der Waals surface area contributed by atoms with Crippen LogP contribution >= 0.6 is 0 Å². The molecule has 0 bridgehead atoms. The van der Waals surface area contributed by atoms with Crippen molar-refractivity contribution in [2.45, 2.75) is 57.9 Å². The van der Waals surface area contributed by atoms with Crippen LogP contribution in [-0.4, -0.2) is 30.6 Å². The molecule has 0 heterocycles. The van der Waals surface area contributed by atoms with E-state index in [1.807, 2.05) is 0 Å². The minimum Gasteiger partial charge on any atom is -0.330 e. The van der Waals surface area contributed by atoms with Crippen molar-refractivity contribution in [3.63, 3.8) is 0 Å². The zero-order valence-corrected chi connectivity index (χ0v) is 10.2. The third kappa shape index (κ3) is 2.73. The first-order chi connectivity index (χ1) is 7.29. The van der Waals surface area contributed by atoms with E-state index < -0.39 is 0 Å². The van der Waals surface area contributed by atoms with Gasteiger partial charge in [-0.3, -0.25) is 0 Å². The highest BCUT2D eigenvalue weighted by molar-refractivity contribution is 4.97. The van der Waals surface area contributed by atoms with Gasteiger partial charge in [0.15, 0.2) is 0 Å². The van der Waals surface area contributed by atoms with Gasteiger partial charge < -0.3 is 10.6 Å². The fourth-order valence-electron chi connectivity index (χ4n) is 2.98. The first-order valence-corrected chi connectivity index (χ1v) is 6.74. The molecule has 2 N–H and O–H groups in total. The molecule has 15 heavy (non-hydrogen) atoms.